The molecule has 0 aliphatic carbocycles. The van der Waals surface area contributed by atoms with E-state index in [0.717, 1.165) is 8.27 Å². The van der Waals surface area contributed by atoms with Gasteiger partial charge in [-0.15, -0.1) is 0 Å². The van der Waals surface area contributed by atoms with Gasteiger partial charge in [-0.05, 0) is 70.6 Å². The number of halogens is 1. The monoisotopic (exact) mass is 598 g/mol. The Morgan fingerprint density at radius 3 is 2.43 bits per heavy atom. The van der Waals surface area contributed by atoms with Crippen LogP contribution in [0.2, 0.25) is 0 Å². The van der Waals surface area contributed by atoms with Crippen molar-refractivity contribution >= 4 is 66.7 Å². The average molecular weight is 598 g/mol. The van der Waals surface area contributed by atoms with Gasteiger partial charge in [0.1, 0.15) is 17.3 Å². The number of aromatic nitrogens is 1. The molecule has 0 spiro atoms. The Bertz CT molecular complexity index is 1500. The van der Waals surface area contributed by atoms with Crippen LogP contribution in [0.25, 0.3) is 16.0 Å². The lowest BCUT2D eigenvalue weighted by Gasteiger charge is -2.23. The predicted molar refractivity (Wildman–Crippen MR) is 143 cm³/mol. The molecular weight excluding hydrogens is 579 g/mol. The molecule has 4 aromatic rings. The van der Waals surface area contributed by atoms with Crippen LogP contribution in [0.3, 0.4) is 0 Å². The summed E-state index contributed by atoms with van der Waals surface area (Å²) in [5.74, 6) is -0.595. The Hall–Kier alpha value is -3.44. The van der Waals surface area contributed by atoms with Gasteiger partial charge in [0.2, 0.25) is 0 Å². The number of methoxy groups -OCH3 is 2. The maximum absolute atomic E-state index is 13.4. The summed E-state index contributed by atoms with van der Waals surface area (Å²) in [6.07, 6.45) is 0. The van der Waals surface area contributed by atoms with Gasteiger partial charge in [0.05, 0.1) is 36.1 Å². The molecule has 0 bridgehead atoms. The third kappa shape index (κ3) is 4.14. The molecule has 5 rings (SSSR count). The first kappa shape index (κ1) is 23.3. The van der Waals surface area contributed by atoms with Crippen molar-refractivity contribution in [1.29, 1.82) is 0 Å². The van der Waals surface area contributed by atoms with E-state index in [0.29, 0.717) is 33.3 Å². The van der Waals surface area contributed by atoms with Crippen LogP contribution in [0.15, 0.2) is 72.3 Å². The minimum absolute atomic E-state index is 0.00120. The third-order valence-corrected chi connectivity index (χ3v) is 7.50. The van der Waals surface area contributed by atoms with Gasteiger partial charge in [0.15, 0.2) is 5.13 Å². The first-order valence-electron chi connectivity index (χ1n) is 10.6. The van der Waals surface area contributed by atoms with E-state index in [4.69, 9.17) is 9.47 Å². The van der Waals surface area contributed by atoms with Crippen LogP contribution in [-0.2, 0) is 9.59 Å². The third-order valence-electron chi connectivity index (χ3n) is 5.76. The molecule has 1 unspecified atom stereocenters. The maximum atomic E-state index is 13.4. The summed E-state index contributed by atoms with van der Waals surface area (Å²) < 4.78 is 12.4. The highest BCUT2D eigenvalue weighted by atomic mass is 127. The normalized spacial score (nSPS) is 17.2. The van der Waals surface area contributed by atoms with Crippen LogP contribution in [-0.4, -0.2) is 36.0 Å². The van der Waals surface area contributed by atoms with Gasteiger partial charge < -0.3 is 14.6 Å². The number of ketones is 1. The van der Waals surface area contributed by atoms with Crippen LogP contribution >= 0.6 is 33.9 Å². The highest BCUT2D eigenvalue weighted by Gasteiger charge is 2.48. The van der Waals surface area contributed by atoms with E-state index in [-0.39, 0.29) is 11.3 Å². The van der Waals surface area contributed by atoms with E-state index in [1.165, 1.54) is 23.3 Å². The zero-order valence-corrected chi connectivity index (χ0v) is 21.7. The molecule has 1 amide bonds. The van der Waals surface area contributed by atoms with Crippen molar-refractivity contribution < 1.29 is 24.2 Å². The zero-order valence-electron chi connectivity index (χ0n) is 18.7. The number of hydrogen-bond acceptors (Lipinski definition) is 7. The lowest BCUT2D eigenvalue weighted by Crippen LogP contribution is -2.29. The quantitative estimate of drug-likeness (QED) is 0.140. The summed E-state index contributed by atoms with van der Waals surface area (Å²) >= 11 is 3.47. The van der Waals surface area contributed by atoms with Crippen molar-refractivity contribution in [1.82, 2.24) is 4.98 Å². The number of carbonyl (C=O) groups is 2. The number of carbonyl (C=O) groups excluding carboxylic acids is 2. The smallest absolute Gasteiger partial charge is 0.301 e. The molecule has 1 saturated heterocycles. The standard InChI is InChI=1S/C26H19IN2O5S/c1-33-17-5-3-4-15(12-17)23(30)21-22(14-6-8-16(27)9-7-14)29(25(32)24(21)31)26-28-19-11-10-18(34-2)13-20(19)35-26/h3-13,22,30H,1-2H3. The van der Waals surface area contributed by atoms with Crippen LogP contribution in [0.1, 0.15) is 17.2 Å². The Morgan fingerprint density at radius 2 is 1.71 bits per heavy atom. The molecular formula is C26H19IN2O5S. The van der Waals surface area contributed by atoms with E-state index >= 15 is 0 Å². The summed E-state index contributed by atoms with van der Waals surface area (Å²) in [7, 11) is 3.10. The maximum Gasteiger partial charge on any atom is 0.301 e. The number of ether oxygens (including phenoxy) is 2. The molecule has 9 heteroatoms. The number of nitrogens with zero attached hydrogens (tertiary/aromatic N) is 2. The van der Waals surface area contributed by atoms with Crippen LogP contribution in [0.4, 0.5) is 5.13 Å². The van der Waals surface area contributed by atoms with Gasteiger partial charge >= 0.3 is 5.91 Å². The molecule has 176 valence electrons. The number of Topliss-reactive ketones (excluding diaryl/α,β-unsaturated/α-hetero) is 1. The number of hydrogen-bond donors (Lipinski definition) is 1. The molecule has 1 aliphatic rings. The molecule has 2 heterocycles. The van der Waals surface area contributed by atoms with Crippen molar-refractivity contribution in [3.05, 3.63) is 87.0 Å². The average Bonchev–Trinajstić information content (AvgIpc) is 3.41. The fourth-order valence-electron chi connectivity index (χ4n) is 4.04. The summed E-state index contributed by atoms with van der Waals surface area (Å²) in [6, 6.07) is 18.8. The summed E-state index contributed by atoms with van der Waals surface area (Å²) in [6.45, 7) is 0. The second kappa shape index (κ2) is 9.31. The number of rotatable bonds is 5. The van der Waals surface area contributed by atoms with Crippen molar-refractivity contribution in [3.8, 4) is 11.5 Å². The number of fused-ring (bicyclic) bond motifs is 1. The molecule has 1 N–H and O–H groups in total. The lowest BCUT2D eigenvalue weighted by molar-refractivity contribution is -0.132. The Balaban J connectivity index is 1.71. The fourth-order valence-corrected chi connectivity index (χ4v) is 5.42. The molecule has 7 nitrogen and oxygen atoms in total. The second-order valence-corrected chi connectivity index (χ2v) is 10.0. The van der Waals surface area contributed by atoms with Crippen molar-refractivity contribution in [2.75, 3.05) is 19.1 Å². The van der Waals surface area contributed by atoms with Gasteiger partial charge in [-0.25, -0.2) is 4.98 Å². The van der Waals surface area contributed by atoms with E-state index in [9.17, 15) is 14.7 Å². The molecule has 0 saturated carbocycles. The number of benzene rings is 3. The molecule has 1 atom stereocenters. The number of thiazole rings is 1. The number of anilines is 1. The Labute approximate surface area is 218 Å². The number of aliphatic hydroxyl groups excluding tert-OH is 1. The van der Waals surface area contributed by atoms with Crippen molar-refractivity contribution in [2.45, 2.75) is 6.04 Å². The van der Waals surface area contributed by atoms with Gasteiger partial charge in [-0.3, -0.25) is 14.5 Å². The van der Waals surface area contributed by atoms with E-state index in [1.54, 1.807) is 43.5 Å². The van der Waals surface area contributed by atoms with E-state index < -0.39 is 17.7 Å². The molecule has 3 aromatic carbocycles. The second-order valence-electron chi connectivity index (χ2n) is 7.78. The fraction of sp³-hybridized carbons (Fsp3) is 0.115. The minimum Gasteiger partial charge on any atom is -0.507 e. The molecule has 1 aliphatic heterocycles. The zero-order chi connectivity index (χ0) is 24.7. The lowest BCUT2D eigenvalue weighted by atomic mass is 9.95. The van der Waals surface area contributed by atoms with Crippen LogP contribution in [0, 0.1) is 3.57 Å². The van der Waals surface area contributed by atoms with E-state index in [1.807, 2.05) is 30.3 Å². The molecule has 1 aromatic heterocycles. The Morgan fingerprint density at radius 1 is 1.00 bits per heavy atom. The highest BCUT2D eigenvalue weighted by Crippen LogP contribution is 2.44. The summed E-state index contributed by atoms with van der Waals surface area (Å²) in [5.41, 5.74) is 1.75. The summed E-state index contributed by atoms with van der Waals surface area (Å²) in [5, 5.41) is 11.6. The SMILES string of the molecule is COc1cccc(C(O)=C2C(=O)C(=O)N(c3nc4ccc(OC)cc4s3)C2c2ccc(I)cc2)c1. The van der Waals surface area contributed by atoms with Crippen molar-refractivity contribution in [2.24, 2.45) is 0 Å². The highest BCUT2D eigenvalue weighted by molar-refractivity contribution is 14.1. The summed E-state index contributed by atoms with van der Waals surface area (Å²) in [4.78, 5) is 32.7. The molecule has 35 heavy (non-hydrogen) atoms. The number of amides is 1. The first-order valence-corrected chi connectivity index (χ1v) is 12.5. The topological polar surface area (TPSA) is 89.0 Å². The van der Waals surface area contributed by atoms with Gasteiger partial charge in [-0.2, -0.15) is 0 Å². The van der Waals surface area contributed by atoms with Crippen molar-refractivity contribution in [3.63, 3.8) is 0 Å². The molecule has 1 fully saturated rings. The largest absolute Gasteiger partial charge is 0.507 e. The van der Waals surface area contributed by atoms with E-state index in [2.05, 4.69) is 27.6 Å². The minimum atomic E-state index is -0.847. The predicted octanol–water partition coefficient (Wildman–Crippen LogP) is 5.54. The van der Waals surface area contributed by atoms with Crippen LogP contribution in [0.5, 0.6) is 11.5 Å². The van der Waals surface area contributed by atoms with Gasteiger partial charge in [0, 0.05) is 9.13 Å². The van der Waals surface area contributed by atoms with Gasteiger partial charge in [0.25, 0.3) is 5.78 Å². The number of aliphatic hydroxyl groups is 1. The van der Waals surface area contributed by atoms with Gasteiger partial charge in [-0.1, -0.05) is 35.6 Å². The van der Waals surface area contributed by atoms with Crippen LogP contribution < -0.4 is 14.4 Å². The first-order chi connectivity index (χ1) is 16.9. The molecule has 0 radical (unpaired) electrons. The Kier molecular flexibility index (Phi) is 6.20.